The van der Waals surface area contributed by atoms with Crippen molar-refractivity contribution in [1.82, 2.24) is 4.72 Å². The molecule has 2 aromatic rings. The van der Waals surface area contributed by atoms with E-state index in [1.807, 2.05) is 48.5 Å². The molecule has 2 rings (SSSR count). The zero-order valence-corrected chi connectivity index (χ0v) is 11.8. The van der Waals surface area contributed by atoms with E-state index in [1.54, 1.807) is 12.1 Å². The van der Waals surface area contributed by atoms with Gasteiger partial charge in [0, 0.05) is 6.54 Å². The molecule has 2 aromatic carbocycles. The third-order valence-corrected chi connectivity index (χ3v) is 3.99. The van der Waals surface area contributed by atoms with Gasteiger partial charge in [0.05, 0.1) is 5.75 Å². The molecule has 0 atom stereocenters. The molecule has 0 saturated carbocycles. The lowest BCUT2D eigenvalue weighted by Gasteiger charge is -2.08. The molecule has 0 spiro atoms. The van der Waals surface area contributed by atoms with Crippen LogP contribution < -0.4 is 9.46 Å². The second-order valence-electron chi connectivity index (χ2n) is 4.30. The predicted molar refractivity (Wildman–Crippen MR) is 79.0 cm³/mol. The first-order chi connectivity index (χ1) is 9.66. The second-order valence-corrected chi connectivity index (χ2v) is 6.11. The molecular weight excluding hydrogens is 274 g/mol. The van der Waals surface area contributed by atoms with Crippen LogP contribution in [0.25, 0.3) is 0 Å². The maximum atomic E-state index is 11.8. The quantitative estimate of drug-likeness (QED) is 0.796. The van der Waals surface area contributed by atoms with Gasteiger partial charge in [0.1, 0.15) is 12.4 Å². The monoisotopic (exact) mass is 291 g/mol. The van der Waals surface area contributed by atoms with E-state index in [2.05, 4.69) is 4.72 Å². The normalized spacial score (nSPS) is 11.2. The van der Waals surface area contributed by atoms with E-state index >= 15 is 0 Å². The van der Waals surface area contributed by atoms with Gasteiger partial charge in [-0.25, -0.2) is 13.1 Å². The van der Waals surface area contributed by atoms with Crippen LogP contribution in [0, 0.1) is 0 Å². The maximum Gasteiger partial charge on any atom is 0.215 e. The Labute approximate surface area is 119 Å². The van der Waals surface area contributed by atoms with Crippen molar-refractivity contribution in [3.8, 4) is 5.75 Å². The van der Waals surface area contributed by atoms with Gasteiger partial charge in [0.15, 0.2) is 0 Å². The van der Waals surface area contributed by atoms with Crippen molar-refractivity contribution >= 4 is 10.0 Å². The van der Waals surface area contributed by atoms with Crippen LogP contribution in [0.5, 0.6) is 5.75 Å². The van der Waals surface area contributed by atoms with E-state index in [1.165, 1.54) is 0 Å². The summed E-state index contributed by atoms with van der Waals surface area (Å²) in [4.78, 5) is 0. The molecule has 5 heteroatoms. The zero-order valence-electron chi connectivity index (χ0n) is 11.0. The van der Waals surface area contributed by atoms with Crippen LogP contribution in [0.15, 0.2) is 60.7 Å². The predicted octanol–water partition coefficient (Wildman–Crippen LogP) is 2.19. The van der Waals surface area contributed by atoms with Crippen molar-refractivity contribution in [3.63, 3.8) is 0 Å². The summed E-state index contributed by atoms with van der Waals surface area (Å²) in [7, 11) is -3.32. The summed E-state index contributed by atoms with van der Waals surface area (Å²) in [5, 5.41) is 0. The molecule has 0 unspecified atom stereocenters. The summed E-state index contributed by atoms with van der Waals surface area (Å²) in [5.41, 5.74) is 0.768. The van der Waals surface area contributed by atoms with Gasteiger partial charge in [-0.05, 0) is 17.7 Å². The fourth-order valence-corrected chi connectivity index (χ4v) is 2.86. The summed E-state index contributed by atoms with van der Waals surface area (Å²) in [5.74, 6) is 0.717. The van der Waals surface area contributed by atoms with E-state index in [4.69, 9.17) is 4.74 Å². The van der Waals surface area contributed by atoms with Crippen molar-refractivity contribution in [3.05, 3.63) is 66.2 Å². The molecule has 0 aromatic heterocycles. The number of hydrogen-bond donors (Lipinski definition) is 1. The minimum absolute atomic E-state index is 0.0147. The van der Waals surface area contributed by atoms with Crippen LogP contribution in [-0.2, 0) is 15.8 Å². The number of benzene rings is 2. The Bertz CT molecular complexity index is 612. The Morgan fingerprint density at radius 1 is 0.900 bits per heavy atom. The minimum Gasteiger partial charge on any atom is -0.492 e. The molecule has 0 aliphatic rings. The van der Waals surface area contributed by atoms with Crippen LogP contribution >= 0.6 is 0 Å². The van der Waals surface area contributed by atoms with E-state index in [-0.39, 0.29) is 12.3 Å². The maximum absolute atomic E-state index is 11.8. The smallest absolute Gasteiger partial charge is 0.215 e. The largest absolute Gasteiger partial charge is 0.492 e. The summed E-state index contributed by atoms with van der Waals surface area (Å²) < 4.78 is 31.6. The van der Waals surface area contributed by atoms with Gasteiger partial charge in [-0.3, -0.25) is 0 Å². The van der Waals surface area contributed by atoms with E-state index in [0.29, 0.717) is 6.61 Å². The zero-order chi connectivity index (χ0) is 14.3. The van der Waals surface area contributed by atoms with Gasteiger partial charge in [-0.2, -0.15) is 0 Å². The van der Waals surface area contributed by atoms with Gasteiger partial charge in [0.25, 0.3) is 0 Å². The standard InChI is InChI=1S/C15H17NO3S/c17-20(18,13-14-7-3-1-4-8-14)16-11-12-19-15-9-5-2-6-10-15/h1-10,16H,11-13H2. The third kappa shape index (κ3) is 5.03. The summed E-state index contributed by atoms with van der Waals surface area (Å²) in [6, 6.07) is 18.4. The van der Waals surface area contributed by atoms with Gasteiger partial charge < -0.3 is 4.74 Å². The molecule has 0 radical (unpaired) electrons. The van der Waals surface area contributed by atoms with Crippen molar-refractivity contribution < 1.29 is 13.2 Å². The second kappa shape index (κ2) is 7.07. The van der Waals surface area contributed by atoms with Crippen molar-refractivity contribution in [2.45, 2.75) is 5.75 Å². The van der Waals surface area contributed by atoms with E-state index < -0.39 is 10.0 Å². The highest BCUT2D eigenvalue weighted by Crippen LogP contribution is 2.07. The molecule has 20 heavy (non-hydrogen) atoms. The summed E-state index contributed by atoms with van der Waals surface area (Å²) >= 11 is 0. The molecule has 1 N–H and O–H groups in total. The van der Waals surface area contributed by atoms with Crippen molar-refractivity contribution in [2.75, 3.05) is 13.2 Å². The number of hydrogen-bond acceptors (Lipinski definition) is 3. The van der Waals surface area contributed by atoms with E-state index in [0.717, 1.165) is 11.3 Å². The van der Waals surface area contributed by atoms with Crippen LogP contribution in [0.4, 0.5) is 0 Å². The molecule has 0 amide bonds. The van der Waals surface area contributed by atoms with Crippen LogP contribution in [0.1, 0.15) is 5.56 Å². The summed E-state index contributed by atoms with van der Waals surface area (Å²) in [6.07, 6.45) is 0. The lowest BCUT2D eigenvalue weighted by molar-refractivity contribution is 0.323. The van der Waals surface area contributed by atoms with Crippen LogP contribution in [0.2, 0.25) is 0 Å². The lowest BCUT2D eigenvalue weighted by Crippen LogP contribution is -2.29. The van der Waals surface area contributed by atoms with Gasteiger partial charge in [-0.1, -0.05) is 48.5 Å². The third-order valence-electron chi connectivity index (χ3n) is 2.64. The first kappa shape index (κ1) is 14.6. The molecule has 0 aliphatic carbocycles. The van der Waals surface area contributed by atoms with Crippen LogP contribution in [0.3, 0.4) is 0 Å². The number of ether oxygens (including phenoxy) is 1. The molecule has 0 aliphatic heterocycles. The SMILES string of the molecule is O=S(=O)(Cc1ccccc1)NCCOc1ccccc1. The summed E-state index contributed by atoms with van der Waals surface area (Å²) in [6.45, 7) is 0.558. The molecule has 4 nitrogen and oxygen atoms in total. The molecule has 106 valence electrons. The number of rotatable bonds is 7. The molecular formula is C15H17NO3S. The van der Waals surface area contributed by atoms with Crippen molar-refractivity contribution in [2.24, 2.45) is 0 Å². The van der Waals surface area contributed by atoms with Gasteiger partial charge >= 0.3 is 0 Å². The first-order valence-corrected chi connectivity index (χ1v) is 8.00. The van der Waals surface area contributed by atoms with Crippen molar-refractivity contribution in [1.29, 1.82) is 0 Å². The first-order valence-electron chi connectivity index (χ1n) is 6.35. The highest BCUT2D eigenvalue weighted by atomic mass is 32.2. The Balaban J connectivity index is 1.76. The molecule has 0 saturated heterocycles. The Morgan fingerprint density at radius 3 is 2.15 bits per heavy atom. The highest BCUT2D eigenvalue weighted by molar-refractivity contribution is 7.88. The number of nitrogens with one attached hydrogen (secondary N) is 1. The van der Waals surface area contributed by atoms with E-state index in [9.17, 15) is 8.42 Å². The molecule has 0 fully saturated rings. The highest BCUT2D eigenvalue weighted by Gasteiger charge is 2.10. The fourth-order valence-electron chi connectivity index (χ4n) is 1.73. The average Bonchev–Trinajstić information content (AvgIpc) is 2.45. The lowest BCUT2D eigenvalue weighted by atomic mass is 10.2. The topological polar surface area (TPSA) is 55.4 Å². The molecule has 0 bridgehead atoms. The average molecular weight is 291 g/mol. The Kier molecular flexibility index (Phi) is 5.15. The Hall–Kier alpha value is -1.85. The van der Waals surface area contributed by atoms with Crippen LogP contribution in [-0.4, -0.2) is 21.6 Å². The number of sulfonamides is 1. The molecule has 0 heterocycles. The van der Waals surface area contributed by atoms with Gasteiger partial charge in [-0.15, -0.1) is 0 Å². The Morgan fingerprint density at radius 2 is 1.50 bits per heavy atom. The van der Waals surface area contributed by atoms with Gasteiger partial charge in [0.2, 0.25) is 10.0 Å². The fraction of sp³-hybridized carbons (Fsp3) is 0.200. The number of para-hydroxylation sites is 1. The minimum atomic E-state index is -3.32.